The minimum absolute atomic E-state index is 0.0287. The van der Waals surface area contributed by atoms with Crippen LogP contribution in [0.1, 0.15) is 64.8 Å². The fourth-order valence-corrected chi connectivity index (χ4v) is 6.02. The lowest BCUT2D eigenvalue weighted by Crippen LogP contribution is -2.54. The second-order valence-electron chi connectivity index (χ2n) is 13.5. The molecule has 1 fully saturated rings. The number of nitrogens with one attached hydrogen (secondary N) is 2. The first-order valence-corrected chi connectivity index (χ1v) is 20.3. The third-order valence-corrected chi connectivity index (χ3v) is 9.02. The summed E-state index contributed by atoms with van der Waals surface area (Å²) in [6, 6.07) is 13.6. The molecule has 5 amide bonds. The van der Waals surface area contributed by atoms with Crippen molar-refractivity contribution in [1.29, 1.82) is 0 Å². The van der Waals surface area contributed by atoms with Crippen molar-refractivity contribution >= 4 is 35.2 Å². The van der Waals surface area contributed by atoms with E-state index >= 15 is 0 Å². The summed E-state index contributed by atoms with van der Waals surface area (Å²) in [5.41, 5.74) is 1.53. The first-order chi connectivity index (χ1) is 29.0. The number of anilines is 1. The predicted molar refractivity (Wildman–Crippen MR) is 213 cm³/mol. The molecule has 0 aromatic heterocycles. The number of amides is 5. The molecule has 0 saturated carbocycles. The van der Waals surface area contributed by atoms with Gasteiger partial charge in [-0.25, -0.2) is 0 Å². The number of hydrogen-bond acceptors (Lipinski definition) is 14. The Labute approximate surface area is 345 Å². The molecule has 1 unspecified atom stereocenters. The minimum atomic E-state index is -1.07. The number of imide groups is 2. The quantitative estimate of drug-likeness (QED) is 0.0772. The Kier molecular flexibility index (Phi) is 23.4. The molecule has 326 valence electrons. The fourth-order valence-electron chi connectivity index (χ4n) is 6.02. The zero-order valence-corrected chi connectivity index (χ0v) is 33.8. The molecular weight excluding hydrogens is 770 g/mol. The van der Waals surface area contributed by atoms with Crippen molar-refractivity contribution in [2.75, 3.05) is 118 Å². The van der Waals surface area contributed by atoms with Crippen LogP contribution in [-0.2, 0) is 63.6 Å². The second-order valence-corrected chi connectivity index (χ2v) is 13.5. The van der Waals surface area contributed by atoms with Crippen LogP contribution < -0.4 is 10.6 Å². The molecule has 17 nitrogen and oxygen atoms in total. The Bertz CT molecular complexity index is 1560. The van der Waals surface area contributed by atoms with Crippen LogP contribution in [0.25, 0.3) is 0 Å². The van der Waals surface area contributed by atoms with Gasteiger partial charge in [-0.05, 0) is 37.0 Å². The second kappa shape index (κ2) is 29.1. The Balaban J connectivity index is 0.841. The van der Waals surface area contributed by atoms with Crippen LogP contribution in [0.5, 0.6) is 0 Å². The lowest BCUT2D eigenvalue weighted by molar-refractivity contribution is -0.136. The van der Waals surface area contributed by atoms with Crippen molar-refractivity contribution in [3.8, 4) is 0 Å². The standard InChI is InChI=1S/C42H59N3O14/c46-37(43-35-11-7-10-34-39(35)42(50)45(41(34)49)36-13-14-38(47)44-40(36)48)12-5-2-6-15-51-16-17-52-18-19-53-20-21-54-22-23-55-24-25-56-26-27-57-28-29-58-30-31-59-32-33-8-3-1-4-9-33/h1,3-4,7-11,36H,2,5-6,12-32H2,(H,43,46)(H,44,47,48). The number of nitrogens with zero attached hydrogens (tertiary/aromatic N) is 1. The van der Waals surface area contributed by atoms with E-state index in [0.717, 1.165) is 23.3 Å². The summed E-state index contributed by atoms with van der Waals surface area (Å²) in [4.78, 5) is 63.6. The van der Waals surface area contributed by atoms with Crippen molar-refractivity contribution in [2.24, 2.45) is 0 Å². The van der Waals surface area contributed by atoms with E-state index < -0.39 is 29.7 Å². The molecule has 2 N–H and O–H groups in total. The van der Waals surface area contributed by atoms with Gasteiger partial charge in [-0.3, -0.25) is 34.2 Å². The van der Waals surface area contributed by atoms with Crippen LogP contribution in [0.2, 0.25) is 0 Å². The molecular formula is C42H59N3O14. The molecule has 17 heteroatoms. The van der Waals surface area contributed by atoms with Gasteiger partial charge in [0.2, 0.25) is 17.7 Å². The molecule has 0 spiro atoms. The van der Waals surface area contributed by atoms with Crippen molar-refractivity contribution in [1.82, 2.24) is 10.2 Å². The first-order valence-electron chi connectivity index (χ1n) is 20.3. The van der Waals surface area contributed by atoms with Gasteiger partial charge < -0.3 is 47.9 Å². The normalized spacial score (nSPS) is 15.2. The summed E-state index contributed by atoms with van der Waals surface area (Å²) in [7, 11) is 0. The fraction of sp³-hybridized carbons (Fsp3) is 0.595. The monoisotopic (exact) mass is 829 g/mol. The van der Waals surface area contributed by atoms with E-state index in [4.69, 9.17) is 42.6 Å². The van der Waals surface area contributed by atoms with Crippen molar-refractivity contribution in [3.05, 3.63) is 65.2 Å². The van der Waals surface area contributed by atoms with E-state index in [1.807, 2.05) is 30.3 Å². The summed E-state index contributed by atoms with van der Waals surface area (Å²) >= 11 is 0. The number of unbranched alkanes of at least 4 members (excludes halogenated alkanes) is 2. The highest BCUT2D eigenvalue weighted by molar-refractivity contribution is 6.26. The number of hydrogen-bond donors (Lipinski definition) is 2. The zero-order valence-electron chi connectivity index (χ0n) is 33.8. The smallest absolute Gasteiger partial charge is 0.264 e. The zero-order chi connectivity index (χ0) is 41.8. The summed E-state index contributed by atoms with van der Waals surface area (Å²) in [5.74, 6) is -2.71. The van der Waals surface area contributed by atoms with E-state index in [1.165, 1.54) is 6.07 Å². The van der Waals surface area contributed by atoms with Crippen LogP contribution in [0.4, 0.5) is 5.69 Å². The van der Waals surface area contributed by atoms with Crippen LogP contribution >= 0.6 is 0 Å². The molecule has 1 saturated heterocycles. The Morgan fingerprint density at radius 3 is 1.61 bits per heavy atom. The van der Waals surface area contributed by atoms with Crippen LogP contribution in [-0.4, -0.2) is 153 Å². The molecule has 0 radical (unpaired) electrons. The molecule has 4 rings (SSSR count). The Hall–Kier alpha value is -4.17. The molecule has 2 aliphatic heterocycles. The van der Waals surface area contributed by atoms with Gasteiger partial charge in [-0.15, -0.1) is 0 Å². The number of ether oxygens (including phenoxy) is 9. The summed E-state index contributed by atoms with van der Waals surface area (Å²) in [6.07, 6.45) is 2.46. The maximum atomic E-state index is 13.2. The maximum Gasteiger partial charge on any atom is 0.264 e. The van der Waals surface area contributed by atoms with Crippen LogP contribution in [0, 0.1) is 0 Å². The highest BCUT2D eigenvalue weighted by Gasteiger charge is 2.45. The molecule has 1 atom stereocenters. The highest BCUT2D eigenvalue weighted by atomic mass is 16.6. The van der Waals surface area contributed by atoms with E-state index in [0.29, 0.717) is 125 Å². The average Bonchev–Trinajstić information content (AvgIpc) is 3.49. The number of piperidine rings is 1. The molecule has 59 heavy (non-hydrogen) atoms. The average molecular weight is 830 g/mol. The predicted octanol–water partition coefficient (Wildman–Crippen LogP) is 2.94. The van der Waals surface area contributed by atoms with Gasteiger partial charge in [0.15, 0.2) is 0 Å². The molecule has 2 aromatic rings. The third-order valence-electron chi connectivity index (χ3n) is 9.02. The van der Waals surface area contributed by atoms with Gasteiger partial charge >= 0.3 is 0 Å². The first kappa shape index (κ1) is 47.5. The van der Waals surface area contributed by atoms with Crippen LogP contribution in [0.3, 0.4) is 0 Å². The van der Waals surface area contributed by atoms with E-state index in [-0.39, 0.29) is 42.0 Å². The van der Waals surface area contributed by atoms with Crippen molar-refractivity contribution < 1.29 is 66.6 Å². The summed E-state index contributed by atoms with van der Waals surface area (Å²) < 4.78 is 49.7. The molecule has 2 heterocycles. The SMILES string of the molecule is O=C1CCC(N2C(=O)c3cccc(NC(=O)CCCCCOCCOCCOCCOCCOCCOCCOCCOCCOCc4ccccc4)c3C2=O)C(=O)N1. The van der Waals surface area contributed by atoms with Gasteiger partial charge in [-0.1, -0.05) is 42.8 Å². The Morgan fingerprint density at radius 1 is 0.576 bits per heavy atom. The molecule has 2 aromatic carbocycles. The number of benzene rings is 2. The van der Waals surface area contributed by atoms with Gasteiger partial charge in [-0.2, -0.15) is 0 Å². The van der Waals surface area contributed by atoms with Crippen molar-refractivity contribution in [2.45, 2.75) is 51.2 Å². The van der Waals surface area contributed by atoms with E-state index in [2.05, 4.69) is 10.6 Å². The summed E-state index contributed by atoms with van der Waals surface area (Å²) in [6.45, 7) is 8.86. The maximum absolute atomic E-state index is 13.2. The minimum Gasteiger partial charge on any atom is -0.379 e. The van der Waals surface area contributed by atoms with Gasteiger partial charge in [0.1, 0.15) is 6.04 Å². The van der Waals surface area contributed by atoms with Gasteiger partial charge in [0.25, 0.3) is 11.8 Å². The number of fused-ring (bicyclic) bond motifs is 1. The molecule has 0 bridgehead atoms. The lowest BCUT2D eigenvalue weighted by Gasteiger charge is -2.27. The van der Waals surface area contributed by atoms with E-state index in [1.54, 1.807) is 12.1 Å². The van der Waals surface area contributed by atoms with Crippen molar-refractivity contribution in [3.63, 3.8) is 0 Å². The summed E-state index contributed by atoms with van der Waals surface area (Å²) in [5, 5.41) is 4.91. The number of carbonyl (C=O) groups is 5. The van der Waals surface area contributed by atoms with Gasteiger partial charge in [0, 0.05) is 19.4 Å². The van der Waals surface area contributed by atoms with Gasteiger partial charge in [0.05, 0.1) is 129 Å². The number of rotatable bonds is 34. The Morgan fingerprint density at radius 2 is 1.08 bits per heavy atom. The topological polar surface area (TPSA) is 196 Å². The largest absolute Gasteiger partial charge is 0.379 e. The number of carbonyl (C=O) groups excluding carboxylic acids is 5. The van der Waals surface area contributed by atoms with Crippen LogP contribution in [0.15, 0.2) is 48.5 Å². The molecule has 2 aliphatic rings. The third kappa shape index (κ3) is 18.3. The lowest BCUT2D eigenvalue weighted by atomic mass is 10.0. The molecule has 0 aliphatic carbocycles. The highest BCUT2D eigenvalue weighted by Crippen LogP contribution is 2.32. The van der Waals surface area contributed by atoms with E-state index in [9.17, 15) is 24.0 Å².